The van der Waals surface area contributed by atoms with Gasteiger partial charge in [0, 0.05) is 18.5 Å². The molecule has 15 heavy (non-hydrogen) atoms. The summed E-state index contributed by atoms with van der Waals surface area (Å²) in [6.07, 6.45) is 5.96. The number of piperidine rings is 1. The lowest BCUT2D eigenvalue weighted by Gasteiger charge is -2.26. The Morgan fingerprint density at radius 1 is 1.27 bits per heavy atom. The topological polar surface area (TPSA) is 16.1 Å². The van der Waals surface area contributed by atoms with E-state index in [-0.39, 0.29) is 0 Å². The van der Waals surface area contributed by atoms with Gasteiger partial charge < -0.3 is 0 Å². The summed E-state index contributed by atoms with van der Waals surface area (Å²) in [5, 5.41) is 0. The first kappa shape index (κ1) is 11.0. The number of likely N-dealkylation sites (tertiary alicyclic amines) is 1. The van der Waals surface area contributed by atoms with E-state index in [9.17, 15) is 0 Å². The van der Waals surface area contributed by atoms with Crippen LogP contribution in [0.15, 0.2) is 18.3 Å². The molecule has 0 atom stereocenters. The molecule has 1 aliphatic heterocycles. The fourth-order valence-electron chi connectivity index (χ4n) is 2.08. The molecule has 0 N–H and O–H groups in total. The molecule has 1 aromatic heterocycles. The summed E-state index contributed by atoms with van der Waals surface area (Å²) >= 11 is 5.01. The number of hydrogen-bond acceptors (Lipinski definition) is 2. The van der Waals surface area contributed by atoms with Crippen LogP contribution >= 0.6 is 12.6 Å². The Hall–Kier alpha value is -0.540. The van der Waals surface area contributed by atoms with Crippen LogP contribution in [-0.4, -0.2) is 23.0 Å². The van der Waals surface area contributed by atoms with E-state index in [4.69, 9.17) is 12.6 Å². The van der Waals surface area contributed by atoms with Gasteiger partial charge in [-0.25, -0.2) is 0 Å². The highest BCUT2D eigenvalue weighted by atomic mass is 32.1. The second-order valence-electron chi connectivity index (χ2n) is 4.14. The highest BCUT2D eigenvalue weighted by Crippen LogP contribution is 2.13. The molecule has 0 bridgehead atoms. The minimum absolute atomic E-state index is 0.619. The van der Waals surface area contributed by atoms with E-state index in [0.717, 1.165) is 12.2 Å². The van der Waals surface area contributed by atoms with Crippen molar-refractivity contribution in [2.45, 2.75) is 31.6 Å². The third kappa shape index (κ3) is 3.21. The van der Waals surface area contributed by atoms with Crippen molar-refractivity contribution in [1.82, 2.24) is 9.88 Å². The maximum absolute atomic E-state index is 5.01. The molecule has 0 spiro atoms. The van der Waals surface area contributed by atoms with Crippen LogP contribution in [0, 0.1) is 0 Å². The van der Waals surface area contributed by atoms with Crippen molar-refractivity contribution >= 4 is 12.6 Å². The van der Waals surface area contributed by atoms with Gasteiger partial charge in [-0.2, -0.15) is 0 Å². The second kappa shape index (κ2) is 5.52. The molecule has 0 saturated carbocycles. The molecule has 0 aliphatic carbocycles. The quantitative estimate of drug-likeness (QED) is 0.780. The summed E-state index contributed by atoms with van der Waals surface area (Å²) in [5.74, 6) is 0.619. The molecule has 0 unspecified atom stereocenters. The van der Waals surface area contributed by atoms with Gasteiger partial charge in [-0.1, -0.05) is 19.0 Å². The average Bonchev–Trinajstić information content (AvgIpc) is 2.31. The van der Waals surface area contributed by atoms with Crippen LogP contribution < -0.4 is 0 Å². The standard InChI is InChI=1S/C12H17N2S/c15-10-12-8-11(4-5-13-12)9-14-6-2-1-3-7-14/h4-5,8H,1-3,6-7,9-10H2. The van der Waals surface area contributed by atoms with Gasteiger partial charge in [-0.15, -0.1) is 0 Å². The van der Waals surface area contributed by atoms with Gasteiger partial charge in [-0.3, -0.25) is 9.88 Å². The lowest BCUT2D eigenvalue weighted by atomic mass is 10.1. The fourth-order valence-corrected chi connectivity index (χ4v) is 2.24. The van der Waals surface area contributed by atoms with Crippen molar-refractivity contribution in [2.24, 2.45) is 0 Å². The van der Waals surface area contributed by atoms with Crippen molar-refractivity contribution in [3.8, 4) is 0 Å². The molecular weight excluding hydrogens is 204 g/mol. The highest BCUT2D eigenvalue weighted by molar-refractivity contribution is 7.79. The zero-order chi connectivity index (χ0) is 10.5. The van der Waals surface area contributed by atoms with Crippen LogP contribution in [0.4, 0.5) is 0 Å². The van der Waals surface area contributed by atoms with Crippen LogP contribution in [-0.2, 0) is 12.3 Å². The van der Waals surface area contributed by atoms with E-state index in [2.05, 4.69) is 22.0 Å². The molecule has 1 aliphatic rings. The Morgan fingerprint density at radius 2 is 2.07 bits per heavy atom. The molecule has 2 rings (SSSR count). The predicted octanol–water partition coefficient (Wildman–Crippen LogP) is 2.77. The molecule has 1 aromatic rings. The molecule has 0 amide bonds. The smallest absolute Gasteiger partial charge is 0.0514 e. The zero-order valence-corrected chi connectivity index (χ0v) is 9.80. The largest absolute Gasteiger partial charge is 0.299 e. The lowest BCUT2D eigenvalue weighted by molar-refractivity contribution is 0.221. The Balaban J connectivity index is 1.96. The first-order valence-corrected chi connectivity index (χ1v) is 6.20. The minimum atomic E-state index is 0.619. The second-order valence-corrected chi connectivity index (χ2v) is 4.43. The van der Waals surface area contributed by atoms with Crippen LogP contribution in [0.3, 0.4) is 0 Å². The molecule has 1 fully saturated rings. The maximum atomic E-state index is 5.01. The van der Waals surface area contributed by atoms with Gasteiger partial charge in [0.15, 0.2) is 0 Å². The number of hydrogen-bond donors (Lipinski definition) is 0. The molecule has 1 radical (unpaired) electrons. The Kier molecular flexibility index (Phi) is 4.03. The number of rotatable bonds is 3. The number of pyridine rings is 1. The third-order valence-electron chi connectivity index (χ3n) is 2.88. The third-order valence-corrected chi connectivity index (χ3v) is 3.18. The average molecular weight is 221 g/mol. The van der Waals surface area contributed by atoms with Gasteiger partial charge in [0.25, 0.3) is 0 Å². The normalized spacial score (nSPS) is 17.9. The monoisotopic (exact) mass is 221 g/mol. The molecule has 3 heteroatoms. The molecule has 0 aromatic carbocycles. The van der Waals surface area contributed by atoms with E-state index < -0.39 is 0 Å². The number of nitrogens with zero attached hydrogens (tertiary/aromatic N) is 2. The van der Waals surface area contributed by atoms with Gasteiger partial charge in [0.1, 0.15) is 0 Å². The van der Waals surface area contributed by atoms with Gasteiger partial charge in [-0.05, 0) is 43.6 Å². The summed E-state index contributed by atoms with van der Waals surface area (Å²) in [7, 11) is 0. The van der Waals surface area contributed by atoms with Crippen molar-refractivity contribution in [2.75, 3.05) is 13.1 Å². The van der Waals surface area contributed by atoms with Crippen LogP contribution in [0.1, 0.15) is 30.5 Å². The Labute approximate surface area is 97.1 Å². The SMILES string of the molecule is [S]Cc1cc(CN2CCCCC2)ccn1. The summed E-state index contributed by atoms with van der Waals surface area (Å²) in [4.78, 5) is 6.75. The van der Waals surface area contributed by atoms with Gasteiger partial charge in [0.05, 0.1) is 5.69 Å². The van der Waals surface area contributed by atoms with Crippen molar-refractivity contribution < 1.29 is 0 Å². The maximum Gasteiger partial charge on any atom is 0.0514 e. The van der Waals surface area contributed by atoms with E-state index in [0.29, 0.717) is 5.75 Å². The first-order chi connectivity index (χ1) is 7.38. The minimum Gasteiger partial charge on any atom is -0.299 e. The predicted molar refractivity (Wildman–Crippen MR) is 64.7 cm³/mol. The van der Waals surface area contributed by atoms with E-state index in [1.807, 2.05) is 6.20 Å². The Bertz CT molecular complexity index is 308. The number of aromatic nitrogens is 1. The molecule has 1 saturated heterocycles. The van der Waals surface area contributed by atoms with Crippen molar-refractivity contribution in [3.63, 3.8) is 0 Å². The summed E-state index contributed by atoms with van der Waals surface area (Å²) in [6, 6.07) is 4.24. The van der Waals surface area contributed by atoms with Crippen LogP contribution in [0.5, 0.6) is 0 Å². The lowest BCUT2D eigenvalue weighted by Crippen LogP contribution is -2.29. The first-order valence-electron chi connectivity index (χ1n) is 5.63. The summed E-state index contributed by atoms with van der Waals surface area (Å²) in [6.45, 7) is 3.54. The Morgan fingerprint density at radius 3 is 2.80 bits per heavy atom. The fraction of sp³-hybridized carbons (Fsp3) is 0.583. The van der Waals surface area contributed by atoms with E-state index >= 15 is 0 Å². The zero-order valence-electron chi connectivity index (χ0n) is 8.98. The molecule has 2 nitrogen and oxygen atoms in total. The van der Waals surface area contributed by atoms with Crippen molar-refractivity contribution in [3.05, 3.63) is 29.6 Å². The van der Waals surface area contributed by atoms with Gasteiger partial charge in [0.2, 0.25) is 0 Å². The molecular formula is C12H17N2S. The van der Waals surface area contributed by atoms with Crippen LogP contribution in [0.2, 0.25) is 0 Å². The van der Waals surface area contributed by atoms with E-state index in [1.54, 1.807) is 0 Å². The van der Waals surface area contributed by atoms with Crippen LogP contribution in [0.25, 0.3) is 0 Å². The summed E-state index contributed by atoms with van der Waals surface area (Å²) in [5.41, 5.74) is 2.38. The van der Waals surface area contributed by atoms with Gasteiger partial charge >= 0.3 is 0 Å². The molecule has 81 valence electrons. The molecule has 2 heterocycles. The van der Waals surface area contributed by atoms with E-state index in [1.165, 1.54) is 37.9 Å². The van der Waals surface area contributed by atoms with Crippen molar-refractivity contribution in [1.29, 1.82) is 0 Å². The summed E-state index contributed by atoms with van der Waals surface area (Å²) < 4.78 is 0. The highest BCUT2D eigenvalue weighted by Gasteiger charge is 2.10.